The number of aliphatic hydroxyl groups excluding tert-OH is 1. The molecule has 78 heavy (non-hydrogen) atoms. The molecule has 0 spiro atoms. The van der Waals surface area contributed by atoms with Crippen LogP contribution in [0.2, 0.25) is 0 Å². The average molecular weight is 1060 g/mol. The second-order valence-electron chi connectivity index (χ2n) is 17.8. The van der Waals surface area contributed by atoms with Gasteiger partial charge in [-0.05, 0) is 78.4 Å². The minimum atomic E-state index is -2.10. The van der Waals surface area contributed by atoms with Gasteiger partial charge in [-0.3, -0.25) is 0 Å². The number of hydrogen-bond donors (Lipinski definition) is 1. The molecular formula is C61H52O17. The maximum Gasteiger partial charge on any atom is 0.338 e. The third-order valence-electron chi connectivity index (χ3n) is 12.6. The van der Waals surface area contributed by atoms with Crippen LogP contribution in [0.15, 0.2) is 212 Å². The standard InChI is InChI=1S/C61H52O17/c62-54(40-24-10-2-11-25-40)70-37-46-49(75-57(65)43-30-16-5-17-31-43)51(52(60(68)72-46)76-58(66)44-32-18-6-19-33-44)78-61-53(77-59(67)45-34-20-7-21-35-45)50(69-36-39-22-8-1-9-23-39)48(74-56(64)42-28-14-4-15-29-42)47(73-61)38-71-55(63)41-26-12-3-13-27-41/h1-35,46-53,60-61,68H,36-38H2/t46-,47-,48+,49+,50+,51+,52-,53-,60-,61-/m1/s1. The van der Waals surface area contributed by atoms with Crippen molar-refractivity contribution in [3.05, 3.63) is 251 Å². The lowest BCUT2D eigenvalue weighted by molar-refractivity contribution is -0.356. The monoisotopic (exact) mass is 1060 g/mol. The highest BCUT2D eigenvalue weighted by atomic mass is 16.8. The first-order chi connectivity index (χ1) is 38.1. The molecule has 10 atom stereocenters. The van der Waals surface area contributed by atoms with Gasteiger partial charge in [-0.15, -0.1) is 0 Å². The zero-order chi connectivity index (χ0) is 54.2. The summed E-state index contributed by atoms with van der Waals surface area (Å²) in [5, 5.41) is 12.0. The van der Waals surface area contributed by atoms with Crippen LogP contribution in [0, 0.1) is 0 Å². The molecule has 2 aliphatic heterocycles. The summed E-state index contributed by atoms with van der Waals surface area (Å²) in [6.45, 7) is -1.50. The molecular weight excluding hydrogens is 1000 g/mol. The number of esters is 6. The van der Waals surface area contributed by atoms with Gasteiger partial charge in [0.15, 0.2) is 37.0 Å². The van der Waals surface area contributed by atoms with E-state index in [9.17, 15) is 33.9 Å². The second kappa shape index (κ2) is 26.3. The van der Waals surface area contributed by atoms with Gasteiger partial charge in [0.1, 0.15) is 37.6 Å². The molecule has 7 aromatic rings. The number of rotatable bonds is 19. The van der Waals surface area contributed by atoms with Crippen molar-refractivity contribution in [2.45, 2.75) is 68.0 Å². The normalized spacial score (nSPS) is 22.6. The molecule has 2 heterocycles. The van der Waals surface area contributed by atoms with Crippen molar-refractivity contribution in [3.63, 3.8) is 0 Å². The quantitative estimate of drug-likeness (QED) is 0.0599. The van der Waals surface area contributed by atoms with E-state index in [0.717, 1.165) is 0 Å². The Labute approximate surface area is 448 Å². The Hall–Kier alpha value is -8.84. The topological polar surface area (TPSA) is 215 Å². The van der Waals surface area contributed by atoms with Crippen LogP contribution >= 0.6 is 0 Å². The molecule has 0 aromatic heterocycles. The summed E-state index contributed by atoms with van der Waals surface area (Å²) in [6.07, 6.45) is -17.6. The molecule has 0 unspecified atom stereocenters. The predicted molar refractivity (Wildman–Crippen MR) is 275 cm³/mol. The number of aliphatic hydroxyl groups is 1. The van der Waals surface area contributed by atoms with Crippen molar-refractivity contribution in [2.24, 2.45) is 0 Å². The van der Waals surface area contributed by atoms with Gasteiger partial charge in [-0.1, -0.05) is 140 Å². The third kappa shape index (κ3) is 13.8. The third-order valence-corrected chi connectivity index (χ3v) is 12.6. The van der Waals surface area contributed by atoms with Gasteiger partial charge in [0.05, 0.1) is 40.0 Å². The van der Waals surface area contributed by atoms with Crippen molar-refractivity contribution >= 4 is 35.8 Å². The molecule has 2 fully saturated rings. The molecule has 398 valence electrons. The first kappa shape index (κ1) is 54.0. The predicted octanol–water partition coefficient (Wildman–Crippen LogP) is 8.02. The van der Waals surface area contributed by atoms with Gasteiger partial charge in [0.2, 0.25) is 0 Å². The Morgan fingerprint density at radius 3 is 1.04 bits per heavy atom. The highest BCUT2D eigenvalue weighted by Crippen LogP contribution is 2.37. The molecule has 7 aromatic carbocycles. The van der Waals surface area contributed by atoms with E-state index < -0.39 is 110 Å². The van der Waals surface area contributed by atoms with Gasteiger partial charge >= 0.3 is 35.8 Å². The number of hydrogen-bond acceptors (Lipinski definition) is 17. The number of benzene rings is 7. The molecule has 0 radical (unpaired) electrons. The lowest BCUT2D eigenvalue weighted by Crippen LogP contribution is -2.67. The highest BCUT2D eigenvalue weighted by molar-refractivity contribution is 5.92. The van der Waals surface area contributed by atoms with Crippen LogP contribution < -0.4 is 0 Å². The van der Waals surface area contributed by atoms with E-state index in [1.165, 1.54) is 72.8 Å². The molecule has 9 rings (SSSR count). The Kier molecular flexibility index (Phi) is 18.2. The van der Waals surface area contributed by atoms with Gasteiger partial charge in [-0.2, -0.15) is 0 Å². The zero-order valence-corrected chi connectivity index (χ0v) is 41.6. The summed E-state index contributed by atoms with van der Waals surface area (Å²) in [6, 6.07) is 56.5. The molecule has 1 N–H and O–H groups in total. The maximum atomic E-state index is 14.5. The van der Waals surface area contributed by atoms with E-state index in [-0.39, 0.29) is 40.0 Å². The van der Waals surface area contributed by atoms with Gasteiger partial charge in [-0.25, -0.2) is 28.8 Å². The van der Waals surface area contributed by atoms with E-state index in [1.54, 1.807) is 140 Å². The van der Waals surface area contributed by atoms with Crippen LogP contribution in [-0.4, -0.2) is 116 Å². The summed E-state index contributed by atoms with van der Waals surface area (Å²) in [5.41, 5.74) is 1.26. The SMILES string of the molecule is O=C(OC[C@H]1O[C@@H](O)[C@H](OC(=O)c2ccccc2)[C@@H](O[C@H]2O[C@H](COC(=O)c3ccccc3)[C@H](OC(=O)c3ccccc3)[C@H](OCc3ccccc3)[C@H]2OC(=O)c2ccccc2)[C@H]1OC(=O)c1ccccc1)c1ccccc1. The highest BCUT2D eigenvalue weighted by Gasteiger charge is 2.57. The van der Waals surface area contributed by atoms with Crippen LogP contribution in [0.1, 0.15) is 67.7 Å². The molecule has 2 aliphatic rings. The van der Waals surface area contributed by atoms with Crippen molar-refractivity contribution in [1.82, 2.24) is 0 Å². The van der Waals surface area contributed by atoms with Crippen molar-refractivity contribution in [2.75, 3.05) is 13.2 Å². The molecule has 0 saturated carbocycles. The first-order valence-electron chi connectivity index (χ1n) is 24.9. The Morgan fingerprint density at radius 2 is 0.654 bits per heavy atom. The minimum Gasteiger partial charge on any atom is -0.459 e. The molecule has 2 saturated heterocycles. The van der Waals surface area contributed by atoms with E-state index in [0.29, 0.717) is 5.56 Å². The summed E-state index contributed by atoms with van der Waals surface area (Å²) in [5.74, 6) is -5.29. The summed E-state index contributed by atoms with van der Waals surface area (Å²) >= 11 is 0. The van der Waals surface area contributed by atoms with Crippen LogP contribution in [0.4, 0.5) is 0 Å². The zero-order valence-electron chi connectivity index (χ0n) is 41.6. The maximum absolute atomic E-state index is 14.5. The fourth-order valence-corrected chi connectivity index (χ4v) is 8.65. The lowest BCUT2D eigenvalue weighted by Gasteiger charge is -2.48. The fraction of sp³-hybridized carbons (Fsp3) is 0.213. The molecule has 0 aliphatic carbocycles. The Bertz CT molecular complexity index is 3080. The summed E-state index contributed by atoms with van der Waals surface area (Å²) in [7, 11) is 0. The van der Waals surface area contributed by atoms with Crippen molar-refractivity contribution < 1.29 is 81.2 Å². The smallest absolute Gasteiger partial charge is 0.338 e. The Balaban J connectivity index is 1.17. The van der Waals surface area contributed by atoms with Crippen LogP contribution in [0.25, 0.3) is 0 Å². The summed E-state index contributed by atoms with van der Waals surface area (Å²) < 4.78 is 62.9. The molecule has 0 amide bonds. The van der Waals surface area contributed by atoms with Gasteiger partial charge in [0, 0.05) is 0 Å². The average Bonchev–Trinajstić information content (AvgIpc) is 3.56. The van der Waals surface area contributed by atoms with Crippen LogP contribution in [0.3, 0.4) is 0 Å². The van der Waals surface area contributed by atoms with E-state index >= 15 is 0 Å². The minimum absolute atomic E-state index is 0.0431. The number of ether oxygens (including phenoxy) is 10. The molecule has 0 bridgehead atoms. The first-order valence-corrected chi connectivity index (χ1v) is 24.9. The van der Waals surface area contributed by atoms with Gasteiger partial charge < -0.3 is 52.5 Å². The van der Waals surface area contributed by atoms with E-state index in [4.69, 9.17) is 47.4 Å². The van der Waals surface area contributed by atoms with E-state index in [2.05, 4.69) is 0 Å². The molecule has 17 nitrogen and oxygen atoms in total. The number of carbonyl (C=O) groups is 6. The van der Waals surface area contributed by atoms with Gasteiger partial charge in [0.25, 0.3) is 0 Å². The molecule has 17 heteroatoms. The second-order valence-corrected chi connectivity index (χ2v) is 17.8. The Morgan fingerprint density at radius 1 is 0.346 bits per heavy atom. The lowest BCUT2D eigenvalue weighted by atomic mass is 9.95. The van der Waals surface area contributed by atoms with Crippen molar-refractivity contribution in [1.29, 1.82) is 0 Å². The van der Waals surface area contributed by atoms with E-state index in [1.807, 2.05) is 0 Å². The van der Waals surface area contributed by atoms with Crippen LogP contribution in [-0.2, 0) is 54.0 Å². The fourth-order valence-electron chi connectivity index (χ4n) is 8.65. The number of carbonyl (C=O) groups excluding carboxylic acids is 6. The summed E-state index contributed by atoms with van der Waals surface area (Å²) in [4.78, 5) is 84.2. The largest absolute Gasteiger partial charge is 0.459 e. The van der Waals surface area contributed by atoms with Crippen LogP contribution in [0.5, 0.6) is 0 Å². The van der Waals surface area contributed by atoms with Crippen molar-refractivity contribution in [3.8, 4) is 0 Å².